The molecule has 4 aromatic carbocycles. The molecule has 1 aliphatic carbocycles. The number of anilines is 2. The lowest BCUT2D eigenvalue weighted by Crippen LogP contribution is -2.10. The van der Waals surface area contributed by atoms with Crippen molar-refractivity contribution in [3.8, 4) is 0 Å². The first kappa shape index (κ1) is 16.3. The molecule has 0 heterocycles. The van der Waals surface area contributed by atoms with Crippen LogP contribution in [0.3, 0.4) is 0 Å². The number of benzene rings is 4. The third-order valence-corrected chi connectivity index (χ3v) is 4.91. The first-order chi connectivity index (χ1) is 13.7. The van der Waals surface area contributed by atoms with Crippen molar-refractivity contribution in [1.29, 1.82) is 0 Å². The van der Waals surface area contributed by atoms with Crippen LogP contribution in [0.15, 0.2) is 94.9 Å². The molecule has 4 aromatic rings. The van der Waals surface area contributed by atoms with Crippen molar-refractivity contribution in [3.63, 3.8) is 0 Å². The summed E-state index contributed by atoms with van der Waals surface area (Å²) in [6.45, 7) is 0. The lowest BCUT2D eigenvalue weighted by Gasteiger charge is -2.04. The molecule has 0 radical (unpaired) electrons. The first-order valence-electron chi connectivity index (χ1n) is 9.10. The Labute approximate surface area is 162 Å². The lowest BCUT2D eigenvalue weighted by molar-refractivity contribution is 1.50. The molecule has 0 fully saturated rings. The highest BCUT2D eigenvalue weighted by atomic mass is 14.8. The maximum Gasteiger partial charge on any atom is 0.0978 e. The SMILES string of the molecule is Nc1ccc(N=C2C(=Nc3ccc(N)cc3)c3cccc4cccc2c34)cc1. The molecule has 28 heavy (non-hydrogen) atoms. The van der Waals surface area contributed by atoms with Gasteiger partial charge in [-0.3, -0.25) is 0 Å². The quantitative estimate of drug-likeness (QED) is 0.477. The molecule has 1 aliphatic rings. The van der Waals surface area contributed by atoms with Crippen LogP contribution in [0.5, 0.6) is 0 Å². The van der Waals surface area contributed by atoms with Crippen LogP contribution in [0.4, 0.5) is 22.7 Å². The second-order valence-corrected chi connectivity index (χ2v) is 6.81. The Kier molecular flexibility index (Phi) is 3.69. The van der Waals surface area contributed by atoms with Gasteiger partial charge in [0.25, 0.3) is 0 Å². The van der Waals surface area contributed by atoms with Gasteiger partial charge in [-0.05, 0) is 53.9 Å². The van der Waals surface area contributed by atoms with Crippen LogP contribution in [0.1, 0.15) is 11.1 Å². The van der Waals surface area contributed by atoms with Crippen molar-refractivity contribution in [3.05, 3.63) is 96.1 Å². The Morgan fingerprint density at radius 1 is 0.500 bits per heavy atom. The fraction of sp³-hybridized carbons (Fsp3) is 0. The van der Waals surface area contributed by atoms with Crippen molar-refractivity contribution in [2.75, 3.05) is 11.5 Å². The Balaban J connectivity index is 1.76. The number of rotatable bonds is 2. The fourth-order valence-electron chi connectivity index (χ4n) is 3.57. The van der Waals surface area contributed by atoms with E-state index in [0.717, 1.165) is 45.3 Å². The summed E-state index contributed by atoms with van der Waals surface area (Å²) in [6.07, 6.45) is 0. The molecular weight excluding hydrogens is 344 g/mol. The topological polar surface area (TPSA) is 76.8 Å². The minimum Gasteiger partial charge on any atom is -0.399 e. The molecule has 4 heteroatoms. The van der Waals surface area contributed by atoms with Gasteiger partial charge < -0.3 is 11.5 Å². The standard InChI is InChI=1S/C24H18N4/c25-16-7-11-18(12-8-16)27-23-20-5-1-3-15-4-2-6-21(22(15)20)24(23)28-19-13-9-17(26)10-14-19/h1-14H,25-26H2. The Morgan fingerprint density at radius 2 is 0.929 bits per heavy atom. The van der Waals surface area contributed by atoms with Gasteiger partial charge in [0.1, 0.15) is 0 Å². The highest BCUT2D eigenvalue weighted by Crippen LogP contribution is 2.34. The molecule has 0 aliphatic heterocycles. The molecule has 4 nitrogen and oxygen atoms in total. The normalized spacial score (nSPS) is 15.6. The van der Waals surface area contributed by atoms with Crippen LogP contribution in [0.25, 0.3) is 10.8 Å². The number of aliphatic imine (C=N–C) groups is 2. The molecule has 0 amide bonds. The van der Waals surface area contributed by atoms with Crippen molar-refractivity contribution in [2.24, 2.45) is 9.98 Å². The van der Waals surface area contributed by atoms with E-state index in [-0.39, 0.29) is 0 Å². The summed E-state index contributed by atoms with van der Waals surface area (Å²) in [5.41, 5.74) is 18.7. The van der Waals surface area contributed by atoms with E-state index in [4.69, 9.17) is 21.5 Å². The molecule has 0 spiro atoms. The van der Waals surface area contributed by atoms with Gasteiger partial charge >= 0.3 is 0 Å². The van der Waals surface area contributed by atoms with Gasteiger partial charge in [0.15, 0.2) is 0 Å². The van der Waals surface area contributed by atoms with Crippen LogP contribution < -0.4 is 11.5 Å². The predicted molar refractivity (Wildman–Crippen MR) is 118 cm³/mol. The van der Waals surface area contributed by atoms with E-state index in [1.807, 2.05) is 48.5 Å². The smallest absolute Gasteiger partial charge is 0.0978 e. The summed E-state index contributed by atoms with van der Waals surface area (Å²) < 4.78 is 0. The molecule has 134 valence electrons. The van der Waals surface area contributed by atoms with Crippen molar-refractivity contribution in [1.82, 2.24) is 0 Å². The third kappa shape index (κ3) is 2.72. The van der Waals surface area contributed by atoms with Gasteiger partial charge in [-0.15, -0.1) is 0 Å². The molecule has 4 N–H and O–H groups in total. The zero-order valence-corrected chi connectivity index (χ0v) is 15.1. The van der Waals surface area contributed by atoms with E-state index in [2.05, 4.69) is 36.4 Å². The molecule has 0 unspecified atom stereocenters. The maximum absolute atomic E-state index is 5.82. The predicted octanol–water partition coefficient (Wildman–Crippen LogP) is 5.26. The number of hydrogen-bond acceptors (Lipinski definition) is 4. The van der Waals surface area contributed by atoms with Crippen LogP contribution >= 0.6 is 0 Å². The average molecular weight is 362 g/mol. The Hall–Kier alpha value is -3.92. The lowest BCUT2D eigenvalue weighted by atomic mass is 10.1. The van der Waals surface area contributed by atoms with Crippen LogP contribution in [0.2, 0.25) is 0 Å². The number of nitrogens with zero attached hydrogens (tertiary/aromatic N) is 2. The van der Waals surface area contributed by atoms with E-state index in [9.17, 15) is 0 Å². The van der Waals surface area contributed by atoms with Gasteiger partial charge in [0, 0.05) is 27.9 Å². The van der Waals surface area contributed by atoms with E-state index in [1.165, 1.54) is 10.8 Å². The second-order valence-electron chi connectivity index (χ2n) is 6.81. The summed E-state index contributed by atoms with van der Waals surface area (Å²) in [6, 6.07) is 27.7. The number of hydrogen-bond donors (Lipinski definition) is 2. The highest BCUT2D eigenvalue weighted by molar-refractivity contribution is 6.61. The average Bonchev–Trinajstić information content (AvgIpc) is 3.01. The highest BCUT2D eigenvalue weighted by Gasteiger charge is 2.27. The first-order valence-corrected chi connectivity index (χ1v) is 9.10. The fourth-order valence-corrected chi connectivity index (χ4v) is 3.57. The van der Waals surface area contributed by atoms with E-state index < -0.39 is 0 Å². The van der Waals surface area contributed by atoms with Crippen molar-refractivity contribution in [2.45, 2.75) is 0 Å². The maximum atomic E-state index is 5.82. The van der Waals surface area contributed by atoms with E-state index >= 15 is 0 Å². The monoisotopic (exact) mass is 362 g/mol. The van der Waals surface area contributed by atoms with Gasteiger partial charge in [0.05, 0.1) is 22.8 Å². The van der Waals surface area contributed by atoms with Crippen molar-refractivity contribution < 1.29 is 0 Å². The summed E-state index contributed by atoms with van der Waals surface area (Å²) in [5, 5.41) is 2.37. The van der Waals surface area contributed by atoms with Gasteiger partial charge in [-0.2, -0.15) is 0 Å². The van der Waals surface area contributed by atoms with Crippen molar-refractivity contribution >= 4 is 44.9 Å². The summed E-state index contributed by atoms with van der Waals surface area (Å²) >= 11 is 0. The number of nitrogen functional groups attached to an aromatic ring is 2. The molecule has 0 saturated carbocycles. The number of nitrogens with two attached hydrogens (primary N) is 2. The molecule has 5 rings (SSSR count). The minimum absolute atomic E-state index is 0.719. The second kappa shape index (κ2) is 6.35. The zero-order chi connectivity index (χ0) is 19.1. The minimum atomic E-state index is 0.719. The van der Waals surface area contributed by atoms with E-state index in [0.29, 0.717) is 0 Å². The van der Waals surface area contributed by atoms with Crippen LogP contribution in [-0.4, -0.2) is 11.4 Å². The van der Waals surface area contributed by atoms with Crippen LogP contribution in [-0.2, 0) is 0 Å². The molecule has 0 bridgehead atoms. The summed E-state index contributed by atoms with van der Waals surface area (Å²) in [7, 11) is 0. The largest absolute Gasteiger partial charge is 0.399 e. The van der Waals surface area contributed by atoms with Gasteiger partial charge in [-0.25, -0.2) is 9.98 Å². The van der Waals surface area contributed by atoms with E-state index in [1.54, 1.807) is 0 Å². The zero-order valence-electron chi connectivity index (χ0n) is 15.1. The summed E-state index contributed by atoms with van der Waals surface area (Å²) in [4.78, 5) is 9.88. The third-order valence-electron chi connectivity index (χ3n) is 4.91. The molecule has 0 aromatic heterocycles. The van der Waals surface area contributed by atoms with Gasteiger partial charge in [0.2, 0.25) is 0 Å². The molecule has 0 saturated heterocycles. The molecule has 0 atom stereocenters. The summed E-state index contributed by atoms with van der Waals surface area (Å²) in [5.74, 6) is 0. The van der Waals surface area contributed by atoms with Crippen LogP contribution in [0, 0.1) is 0 Å². The van der Waals surface area contributed by atoms with Gasteiger partial charge in [-0.1, -0.05) is 36.4 Å². The molecular formula is C24H18N4. The Bertz CT molecular complexity index is 1150. The Morgan fingerprint density at radius 3 is 1.36 bits per heavy atom.